The van der Waals surface area contributed by atoms with Crippen molar-refractivity contribution in [1.82, 2.24) is 10.6 Å². The Morgan fingerprint density at radius 3 is 1.25 bits per heavy atom. The molecule has 3 rings (SSSR count). The van der Waals surface area contributed by atoms with Crippen molar-refractivity contribution in [3.63, 3.8) is 0 Å². The molecule has 1 aliphatic carbocycles. The monoisotopic (exact) mass is 462 g/mol. The number of hydrogen-bond donors (Lipinski definition) is 2. The Hall–Kier alpha value is -0.480. The molecule has 0 unspecified atom stereocenters. The Kier molecular flexibility index (Phi) is 12.5. The fourth-order valence-electron chi connectivity index (χ4n) is 3.69. The number of hydrogen-bond acceptors (Lipinski definition) is 2. The van der Waals surface area contributed by atoms with Crippen LogP contribution in [-0.2, 0) is 13.1 Å². The van der Waals surface area contributed by atoms with Crippen LogP contribution in [0.1, 0.15) is 36.8 Å². The van der Waals surface area contributed by atoms with Gasteiger partial charge in [0.25, 0.3) is 0 Å². The van der Waals surface area contributed by atoms with Gasteiger partial charge < -0.3 is 10.6 Å². The van der Waals surface area contributed by atoms with Gasteiger partial charge in [0.2, 0.25) is 0 Å². The van der Waals surface area contributed by atoms with Crippen LogP contribution in [0.25, 0.3) is 0 Å². The van der Waals surface area contributed by atoms with E-state index in [1.807, 2.05) is 24.3 Å². The summed E-state index contributed by atoms with van der Waals surface area (Å²) in [4.78, 5) is 0. The summed E-state index contributed by atoms with van der Waals surface area (Å²) >= 11 is 11.9. The molecule has 0 bridgehead atoms. The van der Waals surface area contributed by atoms with Gasteiger partial charge in [0.15, 0.2) is 0 Å². The van der Waals surface area contributed by atoms with Gasteiger partial charge in [-0.25, -0.2) is 0 Å². The number of nitrogens with one attached hydrogen (secondary N) is 2. The molecule has 2 N–H and O–H groups in total. The minimum Gasteiger partial charge on any atom is -0.312 e. The fourth-order valence-corrected chi connectivity index (χ4v) is 3.94. The zero-order chi connectivity index (χ0) is 18.2. The summed E-state index contributed by atoms with van der Waals surface area (Å²) in [5, 5.41) is 8.82. The molecule has 0 aliphatic heterocycles. The summed E-state index contributed by atoms with van der Waals surface area (Å²) in [6, 6.07) is 16.2. The molecule has 0 radical (unpaired) electrons. The molecule has 0 spiro atoms. The van der Waals surface area contributed by atoms with Gasteiger partial charge in [-0.2, -0.15) is 0 Å². The highest BCUT2D eigenvalue weighted by molar-refractivity contribution is 6.30. The van der Waals surface area contributed by atoms with Crippen LogP contribution < -0.4 is 10.6 Å². The van der Waals surface area contributed by atoms with E-state index in [1.165, 1.54) is 36.8 Å². The lowest BCUT2D eigenvalue weighted by Gasteiger charge is -2.29. The average Bonchev–Trinajstić information content (AvgIpc) is 2.66. The molecule has 2 nitrogen and oxygen atoms in total. The van der Waals surface area contributed by atoms with Crippen LogP contribution in [0.15, 0.2) is 48.5 Å². The van der Waals surface area contributed by atoms with Crippen LogP contribution in [0.3, 0.4) is 0 Å². The Morgan fingerprint density at radius 2 is 0.929 bits per heavy atom. The van der Waals surface area contributed by atoms with Gasteiger partial charge >= 0.3 is 0 Å². The molecule has 0 amide bonds. The van der Waals surface area contributed by atoms with Crippen LogP contribution in [0.5, 0.6) is 0 Å². The third-order valence-electron chi connectivity index (χ3n) is 5.32. The first-order chi connectivity index (χ1) is 12.7. The first kappa shape index (κ1) is 25.6. The van der Waals surface area contributed by atoms with Crippen molar-refractivity contribution < 1.29 is 0 Å². The molecule has 1 fully saturated rings. The van der Waals surface area contributed by atoms with Crippen molar-refractivity contribution in [3.05, 3.63) is 69.7 Å². The summed E-state index contributed by atoms with van der Waals surface area (Å²) in [6.07, 6.45) is 5.34. The van der Waals surface area contributed by atoms with E-state index in [1.54, 1.807) is 0 Å². The van der Waals surface area contributed by atoms with Crippen molar-refractivity contribution in [3.8, 4) is 0 Å². The maximum atomic E-state index is 5.93. The van der Waals surface area contributed by atoms with E-state index < -0.39 is 0 Å². The smallest absolute Gasteiger partial charge is 0.0406 e. The van der Waals surface area contributed by atoms with Crippen LogP contribution in [0.2, 0.25) is 10.0 Å². The van der Waals surface area contributed by atoms with E-state index in [4.69, 9.17) is 23.2 Å². The van der Waals surface area contributed by atoms with Crippen LogP contribution >= 0.6 is 48.0 Å². The highest BCUT2D eigenvalue weighted by atomic mass is 35.5. The zero-order valence-electron chi connectivity index (χ0n) is 16.0. The molecule has 0 heterocycles. The molecule has 156 valence electrons. The summed E-state index contributed by atoms with van der Waals surface area (Å²) in [7, 11) is 0. The first-order valence-electron chi connectivity index (χ1n) is 9.59. The molecule has 1 aliphatic rings. The van der Waals surface area contributed by atoms with E-state index in [2.05, 4.69) is 34.9 Å². The Balaban J connectivity index is 0.00000196. The van der Waals surface area contributed by atoms with Gasteiger partial charge in [0.05, 0.1) is 0 Å². The Labute approximate surface area is 191 Å². The van der Waals surface area contributed by atoms with Crippen molar-refractivity contribution in [2.24, 2.45) is 11.8 Å². The number of halogens is 4. The van der Waals surface area contributed by atoms with Crippen molar-refractivity contribution in [2.45, 2.75) is 38.8 Å². The lowest BCUT2D eigenvalue weighted by atomic mass is 9.82. The Morgan fingerprint density at radius 1 is 0.607 bits per heavy atom. The summed E-state index contributed by atoms with van der Waals surface area (Å²) in [5.41, 5.74) is 2.60. The topological polar surface area (TPSA) is 24.1 Å². The second-order valence-electron chi connectivity index (χ2n) is 7.40. The van der Waals surface area contributed by atoms with Gasteiger partial charge in [0.1, 0.15) is 0 Å². The molecule has 0 atom stereocenters. The van der Waals surface area contributed by atoms with E-state index in [-0.39, 0.29) is 24.8 Å². The maximum absolute atomic E-state index is 5.93. The van der Waals surface area contributed by atoms with Gasteiger partial charge in [-0.05, 0) is 86.0 Å². The molecule has 0 saturated heterocycles. The highest BCUT2D eigenvalue weighted by Crippen LogP contribution is 2.28. The zero-order valence-corrected chi connectivity index (χ0v) is 19.1. The largest absolute Gasteiger partial charge is 0.312 e. The normalized spacial score (nSPS) is 18.8. The highest BCUT2D eigenvalue weighted by Gasteiger charge is 2.20. The van der Waals surface area contributed by atoms with Gasteiger partial charge in [-0.3, -0.25) is 0 Å². The van der Waals surface area contributed by atoms with E-state index >= 15 is 0 Å². The van der Waals surface area contributed by atoms with Gasteiger partial charge in [0, 0.05) is 23.1 Å². The minimum atomic E-state index is 0. The second kappa shape index (κ2) is 13.7. The summed E-state index contributed by atoms with van der Waals surface area (Å²) in [5.74, 6) is 1.63. The lowest BCUT2D eigenvalue weighted by molar-refractivity contribution is 0.261. The quantitative estimate of drug-likeness (QED) is 0.465. The van der Waals surface area contributed by atoms with E-state index in [0.29, 0.717) is 0 Å². The van der Waals surface area contributed by atoms with Gasteiger partial charge in [-0.1, -0.05) is 47.5 Å². The molecule has 2 aromatic rings. The Bertz CT molecular complexity index is 594. The van der Waals surface area contributed by atoms with Crippen LogP contribution in [0.4, 0.5) is 0 Å². The van der Waals surface area contributed by atoms with Crippen LogP contribution in [-0.4, -0.2) is 13.1 Å². The molecular weight excluding hydrogens is 434 g/mol. The average molecular weight is 464 g/mol. The molecular formula is C22H30Cl4N2. The molecule has 0 aromatic heterocycles. The van der Waals surface area contributed by atoms with Crippen molar-refractivity contribution in [2.75, 3.05) is 13.1 Å². The molecule has 28 heavy (non-hydrogen) atoms. The SMILES string of the molecule is Cl.Cl.Clc1ccc(CNCC2CCC(CNCc3ccc(Cl)cc3)CC2)cc1. The minimum absolute atomic E-state index is 0. The third kappa shape index (κ3) is 8.90. The van der Waals surface area contributed by atoms with E-state index in [0.717, 1.165) is 48.1 Å². The molecule has 2 aromatic carbocycles. The number of rotatable bonds is 8. The predicted molar refractivity (Wildman–Crippen MR) is 126 cm³/mol. The summed E-state index contributed by atoms with van der Waals surface area (Å²) < 4.78 is 0. The van der Waals surface area contributed by atoms with Gasteiger partial charge in [-0.15, -0.1) is 24.8 Å². The summed E-state index contributed by atoms with van der Waals surface area (Å²) in [6.45, 7) is 4.10. The molecule has 6 heteroatoms. The first-order valence-corrected chi connectivity index (χ1v) is 10.3. The maximum Gasteiger partial charge on any atom is 0.0406 e. The fraction of sp³-hybridized carbons (Fsp3) is 0.455. The van der Waals surface area contributed by atoms with Crippen LogP contribution in [0, 0.1) is 11.8 Å². The van der Waals surface area contributed by atoms with Crippen molar-refractivity contribution in [1.29, 1.82) is 0 Å². The predicted octanol–water partition coefficient (Wildman–Crippen LogP) is 6.52. The van der Waals surface area contributed by atoms with Crippen molar-refractivity contribution >= 4 is 48.0 Å². The number of benzene rings is 2. The lowest BCUT2D eigenvalue weighted by Crippen LogP contribution is -2.30. The standard InChI is InChI=1S/C22H28Cl2N2.2ClH/c23-21-9-5-19(6-10-21)15-25-13-17-1-2-18(4-3-17)14-26-16-20-7-11-22(24)12-8-20;;/h5-12,17-18,25-26H,1-4,13-16H2;2*1H. The third-order valence-corrected chi connectivity index (χ3v) is 5.82. The van der Waals surface area contributed by atoms with E-state index in [9.17, 15) is 0 Å². The second-order valence-corrected chi connectivity index (χ2v) is 8.27. The molecule has 1 saturated carbocycles.